The molecule has 1 aliphatic heterocycles. The molecule has 3 N–H and O–H groups in total. The average Bonchev–Trinajstić information content (AvgIpc) is 2.78. The second-order valence-corrected chi connectivity index (χ2v) is 5.48. The molecule has 0 aromatic rings. The number of hydrogen-bond acceptors (Lipinski definition) is 4. The summed E-state index contributed by atoms with van der Waals surface area (Å²) in [6, 6.07) is 0.0310. The number of nitrogens with two attached hydrogens (primary N) is 1. The monoisotopic (exact) mass is 227 g/mol. The van der Waals surface area contributed by atoms with Crippen molar-refractivity contribution in [3.63, 3.8) is 0 Å². The maximum Gasteiger partial charge on any atom is 0.169 e. The Balaban J connectivity index is 1.76. The fourth-order valence-electron chi connectivity index (χ4n) is 3.48. The van der Waals surface area contributed by atoms with Gasteiger partial charge in [-0.2, -0.15) is 0 Å². The summed E-state index contributed by atoms with van der Waals surface area (Å²) in [6.45, 7) is 0.161. The van der Waals surface area contributed by atoms with Crippen LogP contribution >= 0.6 is 0 Å². The summed E-state index contributed by atoms with van der Waals surface area (Å²) in [6.07, 6.45) is 6.47. The lowest BCUT2D eigenvalue weighted by Crippen LogP contribution is -2.38. The lowest BCUT2D eigenvalue weighted by molar-refractivity contribution is -0.204. The molecule has 0 aromatic heterocycles. The number of ether oxygens (including phenoxy) is 2. The fourth-order valence-corrected chi connectivity index (χ4v) is 3.48. The summed E-state index contributed by atoms with van der Waals surface area (Å²) >= 11 is 0. The van der Waals surface area contributed by atoms with E-state index in [9.17, 15) is 5.11 Å². The van der Waals surface area contributed by atoms with Crippen molar-refractivity contribution in [1.29, 1.82) is 0 Å². The van der Waals surface area contributed by atoms with Crippen molar-refractivity contribution in [1.82, 2.24) is 0 Å². The number of rotatable bonds is 1. The highest BCUT2D eigenvalue weighted by Crippen LogP contribution is 2.46. The molecule has 3 rings (SSSR count). The van der Waals surface area contributed by atoms with E-state index in [1.807, 2.05) is 0 Å². The molecule has 1 spiro atoms. The number of aliphatic hydroxyl groups is 1. The molecule has 1 unspecified atom stereocenters. The van der Waals surface area contributed by atoms with Crippen LogP contribution < -0.4 is 5.73 Å². The van der Waals surface area contributed by atoms with Crippen LogP contribution in [0, 0.1) is 5.92 Å². The zero-order chi connectivity index (χ0) is 11.2. The molecular weight excluding hydrogens is 206 g/mol. The first-order valence-electron chi connectivity index (χ1n) is 6.46. The van der Waals surface area contributed by atoms with Crippen molar-refractivity contribution < 1.29 is 14.6 Å². The Morgan fingerprint density at radius 1 is 1.12 bits per heavy atom. The number of fused-ring (bicyclic) bond motifs is 1. The molecule has 4 heteroatoms. The van der Waals surface area contributed by atoms with Crippen molar-refractivity contribution >= 4 is 0 Å². The molecule has 2 aliphatic carbocycles. The van der Waals surface area contributed by atoms with Crippen LogP contribution in [-0.2, 0) is 9.47 Å². The zero-order valence-corrected chi connectivity index (χ0v) is 9.60. The van der Waals surface area contributed by atoms with E-state index in [4.69, 9.17) is 15.2 Å². The van der Waals surface area contributed by atoms with Crippen LogP contribution in [0.25, 0.3) is 0 Å². The van der Waals surface area contributed by atoms with Crippen molar-refractivity contribution in [2.24, 2.45) is 11.7 Å². The van der Waals surface area contributed by atoms with E-state index < -0.39 is 0 Å². The molecule has 1 saturated heterocycles. The minimum absolute atomic E-state index is 0.00949. The van der Waals surface area contributed by atoms with Gasteiger partial charge in [0.05, 0.1) is 6.10 Å². The highest BCUT2D eigenvalue weighted by atomic mass is 16.8. The topological polar surface area (TPSA) is 64.7 Å². The van der Waals surface area contributed by atoms with Crippen LogP contribution in [0.2, 0.25) is 0 Å². The Hall–Kier alpha value is -0.160. The first kappa shape index (κ1) is 11.0. The first-order valence-corrected chi connectivity index (χ1v) is 6.46. The van der Waals surface area contributed by atoms with E-state index in [1.54, 1.807) is 0 Å². The first-order chi connectivity index (χ1) is 7.74. The SMILES string of the molecule is N[C@@H]1C[C@H](CO)[C@@H]2OC3(CCCCC3)OC12. The Morgan fingerprint density at radius 2 is 1.81 bits per heavy atom. The Labute approximate surface area is 96.1 Å². The second-order valence-electron chi connectivity index (χ2n) is 5.48. The van der Waals surface area contributed by atoms with Gasteiger partial charge in [0.1, 0.15) is 6.10 Å². The molecule has 0 amide bonds. The fraction of sp³-hybridized carbons (Fsp3) is 1.00. The second kappa shape index (κ2) is 3.95. The van der Waals surface area contributed by atoms with Gasteiger partial charge in [-0.15, -0.1) is 0 Å². The maximum atomic E-state index is 9.33. The van der Waals surface area contributed by atoms with Crippen LogP contribution in [0.15, 0.2) is 0 Å². The van der Waals surface area contributed by atoms with E-state index in [1.165, 1.54) is 19.3 Å². The third-order valence-electron chi connectivity index (χ3n) is 4.34. The average molecular weight is 227 g/mol. The van der Waals surface area contributed by atoms with Gasteiger partial charge in [0, 0.05) is 31.4 Å². The third-order valence-corrected chi connectivity index (χ3v) is 4.34. The summed E-state index contributed by atoms with van der Waals surface area (Å²) in [5.74, 6) is -0.194. The number of hydrogen-bond donors (Lipinski definition) is 2. The molecule has 0 bridgehead atoms. The van der Waals surface area contributed by atoms with Gasteiger partial charge in [-0.25, -0.2) is 0 Å². The number of aliphatic hydroxyl groups excluding tert-OH is 1. The third kappa shape index (κ3) is 1.59. The summed E-state index contributed by atoms with van der Waals surface area (Å²) in [5.41, 5.74) is 6.06. The maximum absolute atomic E-state index is 9.33. The van der Waals surface area contributed by atoms with Gasteiger partial charge in [-0.05, 0) is 19.3 Å². The molecule has 4 atom stereocenters. The minimum Gasteiger partial charge on any atom is -0.396 e. The van der Waals surface area contributed by atoms with Crippen LogP contribution in [0.3, 0.4) is 0 Å². The van der Waals surface area contributed by atoms with Gasteiger partial charge in [0.15, 0.2) is 5.79 Å². The van der Waals surface area contributed by atoms with Crippen LogP contribution in [0.4, 0.5) is 0 Å². The predicted molar refractivity (Wildman–Crippen MR) is 58.7 cm³/mol. The van der Waals surface area contributed by atoms with Crippen molar-refractivity contribution in [2.45, 2.75) is 62.6 Å². The lowest BCUT2D eigenvalue weighted by Gasteiger charge is -2.33. The molecule has 2 saturated carbocycles. The van der Waals surface area contributed by atoms with E-state index >= 15 is 0 Å². The van der Waals surface area contributed by atoms with Gasteiger partial charge >= 0.3 is 0 Å². The van der Waals surface area contributed by atoms with Gasteiger partial charge < -0.3 is 20.3 Å². The van der Waals surface area contributed by atoms with Gasteiger partial charge in [0.2, 0.25) is 0 Å². The van der Waals surface area contributed by atoms with Gasteiger partial charge in [0.25, 0.3) is 0 Å². The van der Waals surface area contributed by atoms with Crippen molar-refractivity contribution in [3.05, 3.63) is 0 Å². The molecule has 1 heterocycles. The van der Waals surface area contributed by atoms with Gasteiger partial charge in [-0.1, -0.05) is 6.42 Å². The summed E-state index contributed by atoms with van der Waals surface area (Å²) in [5, 5.41) is 9.33. The highest BCUT2D eigenvalue weighted by Gasteiger charge is 2.55. The van der Waals surface area contributed by atoms with Crippen LogP contribution in [0.5, 0.6) is 0 Å². The lowest BCUT2D eigenvalue weighted by atomic mass is 9.94. The summed E-state index contributed by atoms with van der Waals surface area (Å²) in [4.78, 5) is 0. The molecular formula is C12H21NO3. The molecule has 16 heavy (non-hydrogen) atoms. The summed E-state index contributed by atoms with van der Waals surface area (Å²) < 4.78 is 12.2. The smallest absolute Gasteiger partial charge is 0.169 e. The van der Waals surface area contributed by atoms with E-state index in [0.29, 0.717) is 0 Å². The van der Waals surface area contributed by atoms with Crippen molar-refractivity contribution in [3.8, 4) is 0 Å². The minimum atomic E-state index is -0.362. The Kier molecular flexibility index (Phi) is 2.70. The van der Waals surface area contributed by atoms with Gasteiger partial charge in [-0.3, -0.25) is 0 Å². The molecule has 4 nitrogen and oxygen atoms in total. The Morgan fingerprint density at radius 3 is 2.50 bits per heavy atom. The Bertz CT molecular complexity index is 265. The van der Waals surface area contributed by atoms with E-state index in [0.717, 1.165) is 19.3 Å². The van der Waals surface area contributed by atoms with Crippen LogP contribution in [-0.4, -0.2) is 35.8 Å². The van der Waals surface area contributed by atoms with E-state index in [-0.39, 0.29) is 36.6 Å². The quantitative estimate of drug-likeness (QED) is 0.694. The molecule has 3 aliphatic rings. The normalized spacial score (nSPS) is 46.1. The highest BCUT2D eigenvalue weighted by molar-refractivity contribution is 5.01. The molecule has 3 fully saturated rings. The largest absolute Gasteiger partial charge is 0.396 e. The standard InChI is InChI=1S/C12H21NO3/c13-9-6-8(7-14)10-11(9)16-12(15-10)4-2-1-3-5-12/h8-11,14H,1-7,13H2/t8-,9-,10+,11?/m1/s1. The summed E-state index contributed by atoms with van der Waals surface area (Å²) in [7, 11) is 0. The molecule has 92 valence electrons. The van der Waals surface area contributed by atoms with Crippen molar-refractivity contribution in [2.75, 3.05) is 6.61 Å². The predicted octanol–water partition coefficient (Wildman–Crippen LogP) is 0.770. The molecule has 0 aromatic carbocycles. The molecule has 0 radical (unpaired) electrons. The van der Waals surface area contributed by atoms with Crippen LogP contribution in [0.1, 0.15) is 38.5 Å². The van der Waals surface area contributed by atoms with E-state index in [2.05, 4.69) is 0 Å². The zero-order valence-electron chi connectivity index (χ0n) is 9.60.